The fourth-order valence-electron chi connectivity index (χ4n) is 1.84. The lowest BCUT2D eigenvalue weighted by Gasteiger charge is -2.28. The molecule has 2 aromatic rings. The lowest BCUT2D eigenvalue weighted by molar-refractivity contribution is 0.196. The highest BCUT2D eigenvalue weighted by Gasteiger charge is 2.33. The van der Waals surface area contributed by atoms with Crippen LogP contribution in [0.25, 0.3) is 0 Å². The Morgan fingerprint density at radius 1 is 1.40 bits per heavy atom. The van der Waals surface area contributed by atoms with Gasteiger partial charge in [0.1, 0.15) is 10.7 Å². The molecular formula is C12H16N4O3S. The Kier molecular flexibility index (Phi) is 3.80. The van der Waals surface area contributed by atoms with Crippen LogP contribution in [0.4, 0.5) is 5.82 Å². The number of H-pyrrole nitrogens is 1. The number of nitrogens with one attached hydrogen (secondary N) is 2. The summed E-state index contributed by atoms with van der Waals surface area (Å²) >= 11 is 0. The third-order valence-electron chi connectivity index (χ3n) is 3.01. The second-order valence-corrected chi connectivity index (χ2v) is 6.26. The van der Waals surface area contributed by atoms with Gasteiger partial charge in [0, 0.05) is 0 Å². The maximum absolute atomic E-state index is 12.3. The average Bonchev–Trinajstić information content (AvgIpc) is 2.86. The molecule has 108 valence electrons. The van der Waals surface area contributed by atoms with Crippen molar-refractivity contribution in [3.63, 3.8) is 0 Å². The Morgan fingerprint density at radius 3 is 2.55 bits per heavy atom. The molecule has 1 atom stereocenters. The largest absolute Gasteiger partial charge is 0.394 e. The minimum absolute atomic E-state index is 0.0501. The van der Waals surface area contributed by atoms with E-state index in [0.717, 1.165) is 6.20 Å². The first-order valence-corrected chi connectivity index (χ1v) is 7.36. The van der Waals surface area contributed by atoms with Crippen molar-refractivity contribution in [3.05, 3.63) is 42.1 Å². The summed E-state index contributed by atoms with van der Waals surface area (Å²) < 4.78 is 27.1. The predicted molar refractivity (Wildman–Crippen MR) is 74.2 cm³/mol. The zero-order chi connectivity index (χ0) is 14.8. The minimum atomic E-state index is -3.89. The molecule has 1 heterocycles. The Hall–Kier alpha value is -1.90. The smallest absolute Gasteiger partial charge is 0.246 e. The standard InChI is InChI=1S/C12H16N4O3S/c1-12(8-17,9-5-3-2-4-6-9)16-20(18,19)10-7-14-15-11(10)13/h2-7,16-17H,8H2,1H3,(H3,13,14,15). The van der Waals surface area contributed by atoms with Crippen LogP contribution in [0.15, 0.2) is 41.4 Å². The van der Waals surface area contributed by atoms with E-state index in [9.17, 15) is 13.5 Å². The van der Waals surface area contributed by atoms with Gasteiger partial charge in [-0.1, -0.05) is 30.3 Å². The number of hydrogen-bond acceptors (Lipinski definition) is 5. The number of nitrogens with zero attached hydrogens (tertiary/aromatic N) is 1. The molecule has 0 saturated heterocycles. The summed E-state index contributed by atoms with van der Waals surface area (Å²) in [7, 11) is -3.89. The second kappa shape index (κ2) is 5.23. The van der Waals surface area contributed by atoms with E-state index in [-0.39, 0.29) is 10.7 Å². The highest BCUT2D eigenvalue weighted by atomic mass is 32.2. The van der Waals surface area contributed by atoms with Gasteiger partial charge in [-0.2, -0.15) is 9.82 Å². The Morgan fingerprint density at radius 2 is 2.05 bits per heavy atom. The highest BCUT2D eigenvalue weighted by Crippen LogP contribution is 2.24. The molecule has 0 bridgehead atoms. The molecule has 2 rings (SSSR count). The van der Waals surface area contributed by atoms with E-state index in [2.05, 4.69) is 14.9 Å². The Labute approximate surface area is 116 Å². The lowest BCUT2D eigenvalue weighted by Crippen LogP contribution is -2.46. The van der Waals surface area contributed by atoms with Crippen molar-refractivity contribution >= 4 is 15.8 Å². The quantitative estimate of drug-likeness (QED) is 0.627. The van der Waals surface area contributed by atoms with E-state index in [1.165, 1.54) is 0 Å². The molecule has 0 aliphatic rings. The number of hydrogen-bond donors (Lipinski definition) is 4. The molecule has 1 unspecified atom stereocenters. The zero-order valence-electron chi connectivity index (χ0n) is 10.9. The Bertz CT molecular complexity index is 684. The summed E-state index contributed by atoms with van der Waals surface area (Å²) in [4.78, 5) is -0.145. The van der Waals surface area contributed by atoms with E-state index in [1.54, 1.807) is 31.2 Å². The molecule has 20 heavy (non-hydrogen) atoms. The van der Waals surface area contributed by atoms with Crippen molar-refractivity contribution in [1.82, 2.24) is 14.9 Å². The first-order chi connectivity index (χ1) is 9.39. The minimum Gasteiger partial charge on any atom is -0.394 e. The van der Waals surface area contributed by atoms with Gasteiger partial charge in [-0.15, -0.1) is 0 Å². The van der Waals surface area contributed by atoms with Crippen molar-refractivity contribution in [2.75, 3.05) is 12.3 Å². The van der Waals surface area contributed by atoms with E-state index < -0.39 is 22.2 Å². The third-order valence-corrected chi connectivity index (χ3v) is 4.63. The highest BCUT2D eigenvalue weighted by molar-refractivity contribution is 7.89. The van der Waals surface area contributed by atoms with Crippen molar-refractivity contribution in [2.24, 2.45) is 0 Å². The zero-order valence-corrected chi connectivity index (χ0v) is 11.7. The van der Waals surface area contributed by atoms with Gasteiger partial charge in [0.05, 0.1) is 18.3 Å². The van der Waals surface area contributed by atoms with Gasteiger partial charge < -0.3 is 10.8 Å². The summed E-state index contributed by atoms with van der Waals surface area (Å²) in [6.45, 7) is 1.20. The number of sulfonamides is 1. The normalized spacial score (nSPS) is 14.9. The third kappa shape index (κ3) is 2.67. The van der Waals surface area contributed by atoms with Gasteiger partial charge in [0.15, 0.2) is 0 Å². The summed E-state index contributed by atoms with van der Waals surface area (Å²) in [5.74, 6) is -0.0501. The van der Waals surface area contributed by atoms with Crippen LogP contribution in [0, 0.1) is 0 Å². The number of aromatic nitrogens is 2. The fourth-order valence-corrected chi connectivity index (χ4v) is 3.25. The summed E-state index contributed by atoms with van der Waals surface area (Å²) in [5.41, 5.74) is 5.02. The van der Waals surface area contributed by atoms with Gasteiger partial charge in [-0.3, -0.25) is 5.10 Å². The molecule has 0 saturated carbocycles. The molecule has 0 aliphatic heterocycles. The molecule has 0 fully saturated rings. The Balaban J connectivity index is 2.38. The molecule has 1 aromatic carbocycles. The number of nitrogens with two attached hydrogens (primary N) is 1. The summed E-state index contributed by atoms with van der Waals surface area (Å²) in [6.07, 6.45) is 1.13. The molecule has 0 amide bonds. The van der Waals surface area contributed by atoms with Crippen LogP contribution < -0.4 is 10.5 Å². The van der Waals surface area contributed by atoms with Crippen LogP contribution in [-0.2, 0) is 15.6 Å². The molecule has 5 N–H and O–H groups in total. The first kappa shape index (κ1) is 14.5. The predicted octanol–water partition coefficient (Wildman–Crippen LogP) is 0.178. The van der Waals surface area contributed by atoms with Gasteiger partial charge >= 0.3 is 0 Å². The van der Waals surface area contributed by atoms with Crippen molar-refractivity contribution in [1.29, 1.82) is 0 Å². The van der Waals surface area contributed by atoms with Crippen LogP contribution in [0.5, 0.6) is 0 Å². The number of aliphatic hydroxyl groups is 1. The molecule has 8 heteroatoms. The molecule has 1 aromatic heterocycles. The average molecular weight is 296 g/mol. The monoisotopic (exact) mass is 296 g/mol. The van der Waals surface area contributed by atoms with Gasteiger partial charge in [0.2, 0.25) is 10.0 Å². The van der Waals surface area contributed by atoms with Crippen LogP contribution in [-0.4, -0.2) is 30.3 Å². The topological polar surface area (TPSA) is 121 Å². The number of nitrogen functional groups attached to an aromatic ring is 1. The number of anilines is 1. The van der Waals surface area contributed by atoms with E-state index in [0.29, 0.717) is 5.56 Å². The molecule has 0 spiro atoms. The lowest BCUT2D eigenvalue weighted by atomic mass is 9.94. The van der Waals surface area contributed by atoms with Crippen LogP contribution >= 0.6 is 0 Å². The number of aromatic amines is 1. The van der Waals surface area contributed by atoms with E-state index in [1.807, 2.05) is 6.07 Å². The van der Waals surface area contributed by atoms with Gasteiger partial charge in [-0.05, 0) is 12.5 Å². The molecule has 7 nitrogen and oxygen atoms in total. The van der Waals surface area contributed by atoms with E-state index in [4.69, 9.17) is 5.73 Å². The summed E-state index contributed by atoms with van der Waals surface area (Å²) in [6, 6.07) is 8.81. The van der Waals surface area contributed by atoms with E-state index >= 15 is 0 Å². The summed E-state index contributed by atoms with van der Waals surface area (Å²) in [5, 5.41) is 15.5. The molecule has 0 aliphatic carbocycles. The van der Waals surface area contributed by atoms with Crippen LogP contribution in [0.1, 0.15) is 12.5 Å². The first-order valence-electron chi connectivity index (χ1n) is 5.88. The number of aliphatic hydroxyl groups excluding tert-OH is 1. The molecule has 0 radical (unpaired) electrons. The van der Waals surface area contributed by atoms with Crippen molar-refractivity contribution < 1.29 is 13.5 Å². The number of benzene rings is 1. The van der Waals surface area contributed by atoms with Crippen molar-refractivity contribution in [2.45, 2.75) is 17.4 Å². The SMILES string of the molecule is CC(CO)(NS(=O)(=O)c1cn[nH]c1N)c1ccccc1. The van der Waals surface area contributed by atoms with Gasteiger partial charge in [0.25, 0.3) is 0 Å². The fraction of sp³-hybridized carbons (Fsp3) is 0.250. The van der Waals surface area contributed by atoms with Crippen LogP contribution in [0.2, 0.25) is 0 Å². The van der Waals surface area contributed by atoms with Crippen LogP contribution in [0.3, 0.4) is 0 Å². The maximum Gasteiger partial charge on any atom is 0.246 e. The maximum atomic E-state index is 12.3. The van der Waals surface area contributed by atoms with Crippen molar-refractivity contribution in [3.8, 4) is 0 Å². The molecular weight excluding hydrogens is 280 g/mol. The second-order valence-electron chi connectivity index (χ2n) is 4.61. The van der Waals surface area contributed by atoms with Gasteiger partial charge in [-0.25, -0.2) is 8.42 Å². The number of rotatable bonds is 5.